The largest absolute Gasteiger partial charge is 0.456 e. The maximum Gasteiger partial charge on any atom is 0.377 e. The van der Waals surface area contributed by atoms with Crippen LogP contribution in [0.15, 0.2) is 12.2 Å². The van der Waals surface area contributed by atoms with Crippen LogP contribution in [-0.2, 0) is 9.53 Å². The van der Waals surface area contributed by atoms with Gasteiger partial charge in [0.1, 0.15) is 6.10 Å². The normalized spacial score (nSPS) is 24.8. The van der Waals surface area contributed by atoms with Crippen molar-refractivity contribution in [3.63, 3.8) is 0 Å². The Morgan fingerprint density at radius 1 is 1.79 bits per heavy atom. The van der Waals surface area contributed by atoms with Gasteiger partial charge in [0.15, 0.2) is 0 Å². The van der Waals surface area contributed by atoms with E-state index in [0.717, 1.165) is 5.57 Å². The van der Waals surface area contributed by atoms with Crippen molar-refractivity contribution in [2.24, 2.45) is 0 Å². The van der Waals surface area contributed by atoms with Crippen molar-refractivity contribution in [2.75, 3.05) is 13.1 Å². The minimum atomic E-state index is -3.31. The molecular formula is C9H13F2NO2. The number of ether oxygens (including phenoxy) is 1. The van der Waals surface area contributed by atoms with Gasteiger partial charge in [-0.2, -0.15) is 8.78 Å². The Hall–Kier alpha value is -0.970. The van der Waals surface area contributed by atoms with Gasteiger partial charge in [-0.25, -0.2) is 4.79 Å². The first kappa shape index (κ1) is 11.1. The molecule has 0 saturated carbocycles. The molecule has 1 unspecified atom stereocenters. The standard InChI is InChI=1S/C9H13F2NO2/c1-6(2)4-12-5-7-3-9(10,11)8(13)14-7/h7,12H,1,3-5H2,2H3. The molecule has 80 valence electrons. The first-order chi connectivity index (χ1) is 6.42. The topological polar surface area (TPSA) is 38.3 Å². The van der Waals surface area contributed by atoms with Gasteiger partial charge in [-0.15, -0.1) is 0 Å². The molecule has 0 aromatic carbocycles. The highest BCUT2D eigenvalue weighted by Crippen LogP contribution is 2.30. The molecule has 0 aromatic rings. The highest BCUT2D eigenvalue weighted by molar-refractivity contribution is 5.79. The van der Waals surface area contributed by atoms with Gasteiger partial charge in [-0.1, -0.05) is 12.2 Å². The lowest BCUT2D eigenvalue weighted by Crippen LogP contribution is -2.28. The summed E-state index contributed by atoms with van der Waals surface area (Å²) in [4.78, 5) is 10.6. The zero-order chi connectivity index (χ0) is 10.8. The average molecular weight is 205 g/mol. The Labute approximate surface area is 81.1 Å². The summed E-state index contributed by atoms with van der Waals surface area (Å²) in [6.45, 7) is 6.25. The number of esters is 1. The van der Waals surface area contributed by atoms with E-state index in [1.807, 2.05) is 6.92 Å². The molecule has 0 amide bonds. The third kappa shape index (κ3) is 2.77. The molecule has 0 radical (unpaired) electrons. The Balaban J connectivity index is 2.29. The number of carbonyl (C=O) groups is 1. The predicted octanol–water partition coefficient (Wildman–Crippen LogP) is 1.10. The van der Waals surface area contributed by atoms with E-state index in [9.17, 15) is 13.6 Å². The first-order valence-electron chi connectivity index (χ1n) is 4.36. The Kier molecular flexibility index (Phi) is 3.21. The Morgan fingerprint density at radius 2 is 2.43 bits per heavy atom. The van der Waals surface area contributed by atoms with Gasteiger partial charge in [0.25, 0.3) is 0 Å². The summed E-state index contributed by atoms with van der Waals surface area (Å²) in [5.74, 6) is -4.73. The monoisotopic (exact) mass is 205 g/mol. The van der Waals surface area contributed by atoms with Crippen molar-refractivity contribution in [3.05, 3.63) is 12.2 Å². The summed E-state index contributed by atoms with van der Waals surface area (Å²) < 4.78 is 29.8. The molecule has 1 saturated heterocycles. The molecule has 0 aromatic heterocycles. The van der Waals surface area contributed by atoms with Gasteiger partial charge >= 0.3 is 11.9 Å². The third-order valence-corrected chi connectivity index (χ3v) is 1.86. The zero-order valence-corrected chi connectivity index (χ0v) is 7.98. The zero-order valence-electron chi connectivity index (χ0n) is 7.98. The van der Waals surface area contributed by atoms with E-state index in [2.05, 4.69) is 16.6 Å². The summed E-state index contributed by atoms with van der Waals surface area (Å²) >= 11 is 0. The molecule has 14 heavy (non-hydrogen) atoms. The SMILES string of the molecule is C=C(C)CNCC1CC(F)(F)C(=O)O1. The fourth-order valence-corrected chi connectivity index (χ4v) is 1.21. The predicted molar refractivity (Wildman–Crippen MR) is 47.1 cm³/mol. The van der Waals surface area contributed by atoms with E-state index in [-0.39, 0.29) is 6.54 Å². The molecule has 1 fully saturated rings. The van der Waals surface area contributed by atoms with Crippen molar-refractivity contribution in [1.82, 2.24) is 5.32 Å². The Bertz CT molecular complexity index is 253. The van der Waals surface area contributed by atoms with Crippen LogP contribution in [0, 0.1) is 0 Å². The first-order valence-corrected chi connectivity index (χ1v) is 4.36. The maximum absolute atomic E-state index is 12.7. The fraction of sp³-hybridized carbons (Fsp3) is 0.667. The summed E-state index contributed by atoms with van der Waals surface area (Å²) in [5.41, 5.74) is 0.904. The van der Waals surface area contributed by atoms with Crippen LogP contribution in [-0.4, -0.2) is 31.1 Å². The van der Waals surface area contributed by atoms with Crippen molar-refractivity contribution in [2.45, 2.75) is 25.4 Å². The average Bonchev–Trinajstić information content (AvgIpc) is 2.25. The van der Waals surface area contributed by atoms with Gasteiger partial charge in [-0.3, -0.25) is 0 Å². The maximum atomic E-state index is 12.7. The van der Waals surface area contributed by atoms with E-state index in [4.69, 9.17) is 0 Å². The smallest absolute Gasteiger partial charge is 0.377 e. The number of rotatable bonds is 4. The van der Waals surface area contributed by atoms with Crippen LogP contribution in [0.4, 0.5) is 8.78 Å². The number of alkyl halides is 2. The summed E-state index contributed by atoms with van der Waals surface area (Å²) in [6.07, 6.45) is -1.26. The van der Waals surface area contributed by atoms with Crippen LogP contribution in [0.1, 0.15) is 13.3 Å². The molecule has 1 heterocycles. The highest BCUT2D eigenvalue weighted by Gasteiger charge is 2.50. The van der Waals surface area contributed by atoms with Crippen molar-refractivity contribution < 1.29 is 18.3 Å². The summed E-state index contributed by atoms with van der Waals surface area (Å²) in [6, 6.07) is 0. The number of nitrogens with one attached hydrogen (secondary N) is 1. The van der Waals surface area contributed by atoms with Crippen LogP contribution < -0.4 is 5.32 Å². The molecule has 1 N–H and O–H groups in total. The van der Waals surface area contributed by atoms with E-state index in [1.165, 1.54) is 0 Å². The van der Waals surface area contributed by atoms with Crippen LogP contribution in [0.5, 0.6) is 0 Å². The molecule has 1 atom stereocenters. The molecule has 1 rings (SSSR count). The Morgan fingerprint density at radius 3 is 2.86 bits per heavy atom. The lowest BCUT2D eigenvalue weighted by molar-refractivity contribution is -0.158. The van der Waals surface area contributed by atoms with Gasteiger partial charge < -0.3 is 10.1 Å². The molecule has 0 bridgehead atoms. The highest BCUT2D eigenvalue weighted by atomic mass is 19.3. The lowest BCUT2D eigenvalue weighted by Gasteiger charge is -2.09. The van der Waals surface area contributed by atoms with Crippen LogP contribution in [0.25, 0.3) is 0 Å². The van der Waals surface area contributed by atoms with Gasteiger partial charge in [0, 0.05) is 13.1 Å². The quantitative estimate of drug-likeness (QED) is 0.551. The third-order valence-electron chi connectivity index (χ3n) is 1.86. The summed E-state index contributed by atoms with van der Waals surface area (Å²) in [7, 11) is 0. The number of cyclic esters (lactones) is 1. The second kappa shape index (κ2) is 4.04. The minimum Gasteiger partial charge on any atom is -0.456 e. The molecule has 3 nitrogen and oxygen atoms in total. The van der Waals surface area contributed by atoms with Crippen LogP contribution in [0.3, 0.4) is 0 Å². The number of hydrogen-bond acceptors (Lipinski definition) is 3. The lowest BCUT2D eigenvalue weighted by atomic mass is 10.2. The molecule has 0 spiro atoms. The minimum absolute atomic E-state index is 0.244. The van der Waals surface area contributed by atoms with Crippen LogP contribution >= 0.6 is 0 Å². The second-order valence-electron chi connectivity index (χ2n) is 3.52. The molecule has 0 aliphatic carbocycles. The van der Waals surface area contributed by atoms with Gasteiger partial charge in [-0.05, 0) is 6.92 Å². The van der Waals surface area contributed by atoms with Crippen LogP contribution in [0.2, 0.25) is 0 Å². The van der Waals surface area contributed by atoms with Crippen molar-refractivity contribution in [1.29, 1.82) is 0 Å². The number of halogens is 2. The fourth-order valence-electron chi connectivity index (χ4n) is 1.21. The number of hydrogen-bond donors (Lipinski definition) is 1. The molecule has 1 aliphatic rings. The van der Waals surface area contributed by atoms with E-state index < -0.39 is 24.4 Å². The molecular weight excluding hydrogens is 192 g/mol. The second-order valence-corrected chi connectivity index (χ2v) is 3.52. The summed E-state index contributed by atoms with van der Waals surface area (Å²) in [5, 5.41) is 2.88. The van der Waals surface area contributed by atoms with E-state index in [1.54, 1.807) is 0 Å². The van der Waals surface area contributed by atoms with Gasteiger partial charge in [0.05, 0.1) is 6.42 Å². The van der Waals surface area contributed by atoms with E-state index in [0.29, 0.717) is 6.54 Å². The van der Waals surface area contributed by atoms with Gasteiger partial charge in [0.2, 0.25) is 0 Å². The van der Waals surface area contributed by atoms with Crippen molar-refractivity contribution >= 4 is 5.97 Å². The van der Waals surface area contributed by atoms with E-state index >= 15 is 0 Å². The molecule has 5 heteroatoms. The van der Waals surface area contributed by atoms with Crippen molar-refractivity contribution in [3.8, 4) is 0 Å². The molecule has 1 aliphatic heterocycles. The number of carbonyl (C=O) groups excluding carboxylic acids is 1.